The Labute approximate surface area is 130 Å². The Morgan fingerprint density at radius 1 is 1.10 bits per heavy atom. The molecular weight excluding hydrogens is 260 g/mol. The lowest BCUT2D eigenvalue weighted by Gasteiger charge is -2.32. The van der Waals surface area contributed by atoms with Crippen LogP contribution in [0.15, 0.2) is 24.3 Å². The summed E-state index contributed by atoms with van der Waals surface area (Å²) >= 11 is 0. The van der Waals surface area contributed by atoms with Crippen LogP contribution in [0.4, 0.5) is 0 Å². The van der Waals surface area contributed by atoms with E-state index >= 15 is 0 Å². The summed E-state index contributed by atoms with van der Waals surface area (Å²) in [4.78, 5) is 2.44. The van der Waals surface area contributed by atoms with Crippen LogP contribution in [0.3, 0.4) is 0 Å². The summed E-state index contributed by atoms with van der Waals surface area (Å²) in [5, 5.41) is 3.59. The van der Waals surface area contributed by atoms with Gasteiger partial charge in [0.15, 0.2) is 0 Å². The Balaban J connectivity index is 2.76. The van der Waals surface area contributed by atoms with E-state index in [4.69, 9.17) is 4.74 Å². The average molecular weight is 292 g/mol. The van der Waals surface area contributed by atoms with Gasteiger partial charge in [0, 0.05) is 18.6 Å². The first-order chi connectivity index (χ1) is 9.99. The Morgan fingerprint density at radius 2 is 1.71 bits per heavy atom. The first kappa shape index (κ1) is 18.0. The Hall–Kier alpha value is -1.06. The van der Waals surface area contributed by atoms with Crippen molar-refractivity contribution in [1.29, 1.82) is 0 Å². The lowest BCUT2D eigenvalue weighted by molar-refractivity contribution is 0.188. The molecule has 0 saturated carbocycles. The topological polar surface area (TPSA) is 24.5 Å². The van der Waals surface area contributed by atoms with Crippen molar-refractivity contribution in [2.75, 3.05) is 26.7 Å². The van der Waals surface area contributed by atoms with Crippen LogP contribution in [0, 0.1) is 5.92 Å². The number of rotatable bonds is 9. The minimum absolute atomic E-state index is 0.358. The van der Waals surface area contributed by atoms with Gasteiger partial charge in [-0.3, -0.25) is 0 Å². The zero-order valence-corrected chi connectivity index (χ0v) is 14.5. The molecule has 3 nitrogen and oxygen atoms in total. The van der Waals surface area contributed by atoms with E-state index < -0.39 is 0 Å². The number of hydrogen-bond acceptors (Lipinski definition) is 3. The standard InChI is InChI=1S/C18H32N2O/c1-7-19-18(13-20(6)15(5)14(3)4)16-9-11-17(12-10-16)21-8-2/h9-12,14-15,18-19H,7-8,13H2,1-6H3. The minimum Gasteiger partial charge on any atom is -0.494 e. The molecule has 0 aromatic heterocycles. The van der Waals surface area contributed by atoms with Gasteiger partial charge in [-0.05, 0) is 51.1 Å². The molecule has 3 heteroatoms. The van der Waals surface area contributed by atoms with Crippen molar-refractivity contribution >= 4 is 0 Å². The van der Waals surface area contributed by atoms with E-state index in [-0.39, 0.29) is 0 Å². The molecule has 0 spiro atoms. The van der Waals surface area contributed by atoms with Crippen molar-refractivity contribution in [2.45, 2.75) is 46.7 Å². The maximum Gasteiger partial charge on any atom is 0.119 e. The highest BCUT2D eigenvalue weighted by molar-refractivity contribution is 5.29. The van der Waals surface area contributed by atoms with E-state index in [1.165, 1.54) is 5.56 Å². The fourth-order valence-corrected chi connectivity index (χ4v) is 2.46. The van der Waals surface area contributed by atoms with Gasteiger partial charge in [-0.1, -0.05) is 32.9 Å². The molecule has 0 radical (unpaired) electrons. The van der Waals surface area contributed by atoms with E-state index in [2.05, 4.69) is 69.2 Å². The number of hydrogen-bond donors (Lipinski definition) is 1. The van der Waals surface area contributed by atoms with Crippen LogP contribution in [0.25, 0.3) is 0 Å². The van der Waals surface area contributed by atoms with Crippen molar-refractivity contribution in [2.24, 2.45) is 5.92 Å². The summed E-state index contributed by atoms with van der Waals surface area (Å²) in [5.41, 5.74) is 1.32. The van der Waals surface area contributed by atoms with Gasteiger partial charge in [-0.2, -0.15) is 0 Å². The van der Waals surface area contributed by atoms with E-state index in [1.54, 1.807) is 0 Å². The van der Waals surface area contributed by atoms with Gasteiger partial charge in [0.05, 0.1) is 6.61 Å². The zero-order chi connectivity index (χ0) is 15.8. The molecule has 1 N–H and O–H groups in total. The highest BCUT2D eigenvalue weighted by atomic mass is 16.5. The number of likely N-dealkylation sites (N-methyl/N-ethyl adjacent to an activating group) is 2. The Kier molecular flexibility index (Phi) is 7.76. The van der Waals surface area contributed by atoms with Gasteiger partial charge in [-0.15, -0.1) is 0 Å². The fourth-order valence-electron chi connectivity index (χ4n) is 2.46. The van der Waals surface area contributed by atoms with Gasteiger partial charge in [0.2, 0.25) is 0 Å². The fraction of sp³-hybridized carbons (Fsp3) is 0.667. The minimum atomic E-state index is 0.358. The lowest BCUT2D eigenvalue weighted by atomic mass is 10.0. The van der Waals surface area contributed by atoms with Gasteiger partial charge >= 0.3 is 0 Å². The van der Waals surface area contributed by atoms with Gasteiger partial charge in [0.25, 0.3) is 0 Å². The van der Waals surface area contributed by atoms with Crippen molar-refractivity contribution in [3.63, 3.8) is 0 Å². The highest BCUT2D eigenvalue weighted by Gasteiger charge is 2.18. The number of benzene rings is 1. The summed E-state index contributed by atoms with van der Waals surface area (Å²) < 4.78 is 5.52. The normalized spacial score (nSPS) is 14.5. The van der Waals surface area contributed by atoms with Crippen LogP contribution in [-0.2, 0) is 0 Å². The Morgan fingerprint density at radius 3 is 2.19 bits per heavy atom. The molecule has 1 aromatic carbocycles. The molecule has 2 unspecified atom stereocenters. The first-order valence-corrected chi connectivity index (χ1v) is 8.15. The van der Waals surface area contributed by atoms with E-state index in [0.29, 0.717) is 24.6 Å². The SMILES string of the molecule is CCNC(CN(C)C(C)C(C)C)c1ccc(OCC)cc1. The molecule has 0 fully saturated rings. The van der Waals surface area contributed by atoms with E-state index in [1.807, 2.05) is 6.92 Å². The van der Waals surface area contributed by atoms with Gasteiger partial charge < -0.3 is 15.0 Å². The molecular formula is C18H32N2O. The van der Waals surface area contributed by atoms with E-state index in [9.17, 15) is 0 Å². The first-order valence-electron chi connectivity index (χ1n) is 8.15. The summed E-state index contributed by atoms with van der Waals surface area (Å²) in [6.07, 6.45) is 0. The van der Waals surface area contributed by atoms with Crippen LogP contribution in [0.2, 0.25) is 0 Å². The van der Waals surface area contributed by atoms with Crippen LogP contribution < -0.4 is 10.1 Å². The Bertz CT molecular complexity index is 389. The third-order valence-corrected chi connectivity index (χ3v) is 4.17. The second-order valence-electron chi connectivity index (χ2n) is 6.04. The van der Waals surface area contributed by atoms with E-state index in [0.717, 1.165) is 18.8 Å². The third-order valence-electron chi connectivity index (χ3n) is 4.17. The second kappa shape index (κ2) is 9.06. The summed E-state index contributed by atoms with van der Waals surface area (Å²) in [7, 11) is 2.21. The molecule has 0 aliphatic carbocycles. The van der Waals surface area contributed by atoms with Gasteiger partial charge in [0.1, 0.15) is 5.75 Å². The smallest absolute Gasteiger partial charge is 0.119 e. The average Bonchev–Trinajstić information content (AvgIpc) is 2.47. The zero-order valence-electron chi connectivity index (χ0n) is 14.5. The second-order valence-corrected chi connectivity index (χ2v) is 6.04. The maximum absolute atomic E-state index is 5.52. The van der Waals surface area contributed by atoms with Crippen molar-refractivity contribution in [3.05, 3.63) is 29.8 Å². The monoisotopic (exact) mass is 292 g/mol. The molecule has 0 saturated heterocycles. The summed E-state index contributed by atoms with van der Waals surface area (Å²) in [6.45, 7) is 13.7. The molecule has 0 amide bonds. The maximum atomic E-state index is 5.52. The summed E-state index contributed by atoms with van der Waals surface area (Å²) in [6, 6.07) is 9.41. The number of nitrogens with zero attached hydrogens (tertiary/aromatic N) is 1. The molecule has 0 bridgehead atoms. The molecule has 120 valence electrons. The molecule has 1 aromatic rings. The molecule has 2 atom stereocenters. The molecule has 0 heterocycles. The van der Waals surface area contributed by atoms with Crippen LogP contribution in [0.1, 0.15) is 46.2 Å². The van der Waals surface area contributed by atoms with Crippen LogP contribution in [0.5, 0.6) is 5.75 Å². The van der Waals surface area contributed by atoms with Crippen LogP contribution in [-0.4, -0.2) is 37.7 Å². The largest absolute Gasteiger partial charge is 0.494 e. The predicted molar refractivity (Wildman–Crippen MR) is 91.0 cm³/mol. The van der Waals surface area contributed by atoms with Crippen molar-refractivity contribution in [3.8, 4) is 5.75 Å². The van der Waals surface area contributed by atoms with Gasteiger partial charge in [-0.25, -0.2) is 0 Å². The molecule has 0 aliphatic heterocycles. The van der Waals surface area contributed by atoms with Crippen LogP contribution >= 0.6 is 0 Å². The number of nitrogens with one attached hydrogen (secondary N) is 1. The predicted octanol–water partition coefficient (Wildman–Crippen LogP) is 3.71. The molecule has 21 heavy (non-hydrogen) atoms. The molecule has 1 rings (SSSR count). The molecule has 0 aliphatic rings. The van der Waals surface area contributed by atoms with Crippen molar-refractivity contribution < 1.29 is 4.74 Å². The number of ether oxygens (including phenoxy) is 1. The third kappa shape index (κ3) is 5.68. The quantitative estimate of drug-likeness (QED) is 0.751. The summed E-state index contributed by atoms with van der Waals surface area (Å²) in [5.74, 6) is 1.61. The van der Waals surface area contributed by atoms with Crippen molar-refractivity contribution in [1.82, 2.24) is 10.2 Å². The highest BCUT2D eigenvalue weighted by Crippen LogP contribution is 2.20. The lowest BCUT2D eigenvalue weighted by Crippen LogP contribution is -2.40.